The van der Waals surface area contributed by atoms with Crippen LogP contribution in [0.2, 0.25) is 0 Å². The van der Waals surface area contributed by atoms with Crippen molar-refractivity contribution >= 4 is 23.7 Å². The van der Waals surface area contributed by atoms with Gasteiger partial charge in [-0.05, 0) is 67.9 Å². The predicted octanol–water partition coefficient (Wildman–Crippen LogP) is 3.99. The number of nitrogens with one attached hydrogen (secondary N) is 3. The van der Waals surface area contributed by atoms with Crippen LogP contribution in [-0.4, -0.2) is 81.1 Å². The number of aromatic nitrogens is 2. The van der Waals surface area contributed by atoms with Gasteiger partial charge in [0.05, 0.1) is 0 Å². The lowest BCUT2D eigenvalue weighted by atomic mass is 10.0. The standard InChI is InChI=1S/C30H39N7O3/c1-22-18-23(8-7-13-31-32-20-22)19-27(28(38)35-14-5-2-6-15-35)34-29(39)36-16-11-25(12-17-36)37-21-24-9-3-4-10-26(24)33-30(37)40/h3-4,7-10,13,18,20,25,27,32H,2,5-6,11-12,14-17,19,21H2,1H3,(H,33,40)(H,34,39). The number of fused-ring (bicyclic) bond motifs is 1. The Morgan fingerprint density at radius 2 is 1.80 bits per heavy atom. The Morgan fingerprint density at radius 1 is 1.02 bits per heavy atom. The van der Waals surface area contributed by atoms with Crippen LogP contribution in [0.25, 0.3) is 0 Å². The molecule has 40 heavy (non-hydrogen) atoms. The summed E-state index contributed by atoms with van der Waals surface area (Å²) < 4.78 is 0. The van der Waals surface area contributed by atoms with Crippen LogP contribution in [0, 0.1) is 6.92 Å². The Hall–Kier alpha value is -4.08. The molecule has 0 radical (unpaired) electrons. The second-order valence-corrected chi connectivity index (χ2v) is 10.9. The summed E-state index contributed by atoms with van der Waals surface area (Å²) in [4.78, 5) is 45.4. The van der Waals surface area contributed by atoms with Gasteiger partial charge < -0.3 is 25.3 Å². The highest BCUT2D eigenvalue weighted by molar-refractivity contribution is 5.92. The number of likely N-dealkylation sites (tertiary alicyclic amines) is 2. The highest BCUT2D eigenvalue weighted by atomic mass is 16.2. The van der Waals surface area contributed by atoms with Gasteiger partial charge in [0.25, 0.3) is 0 Å². The first-order valence-corrected chi connectivity index (χ1v) is 14.3. The molecule has 2 aromatic rings. The Bertz CT molecular complexity index is 1260. The van der Waals surface area contributed by atoms with Crippen LogP contribution in [0.4, 0.5) is 15.3 Å². The average Bonchev–Trinajstić information content (AvgIpc) is 3.08. The number of H-pyrrole nitrogens is 1. The zero-order valence-electron chi connectivity index (χ0n) is 23.1. The zero-order valence-corrected chi connectivity index (χ0v) is 23.1. The number of rotatable bonds is 5. The third-order valence-electron chi connectivity index (χ3n) is 8.01. The first-order valence-electron chi connectivity index (χ1n) is 14.3. The fourth-order valence-electron chi connectivity index (χ4n) is 5.81. The summed E-state index contributed by atoms with van der Waals surface area (Å²) in [5, 5.41) is 13.0. The van der Waals surface area contributed by atoms with Gasteiger partial charge in [-0.2, -0.15) is 5.10 Å². The molecule has 0 saturated carbocycles. The number of aromatic amines is 1. The molecule has 0 aliphatic carbocycles. The van der Waals surface area contributed by atoms with Crippen molar-refractivity contribution in [2.75, 3.05) is 31.5 Å². The molecule has 3 aliphatic heterocycles. The van der Waals surface area contributed by atoms with Gasteiger partial charge in [0, 0.05) is 63.3 Å². The smallest absolute Gasteiger partial charge is 0.322 e. The molecule has 2 fully saturated rings. The molecule has 1 aromatic heterocycles. The molecule has 2 saturated heterocycles. The molecule has 212 valence electrons. The van der Waals surface area contributed by atoms with Crippen molar-refractivity contribution in [1.29, 1.82) is 0 Å². The Kier molecular flexibility index (Phi) is 8.83. The molecule has 5 amide bonds. The number of para-hydroxylation sites is 1. The van der Waals surface area contributed by atoms with Gasteiger partial charge in [0.15, 0.2) is 0 Å². The number of carbonyl (C=O) groups is 3. The summed E-state index contributed by atoms with van der Waals surface area (Å²) in [5.74, 6) is -0.0332. The third-order valence-corrected chi connectivity index (χ3v) is 8.01. The van der Waals surface area contributed by atoms with Gasteiger partial charge >= 0.3 is 12.1 Å². The molecule has 10 nitrogen and oxygen atoms in total. The SMILES string of the molecule is Cc1c[nH]ncccc(CC(NC(=O)N2CCC(N3Cc4ccccc4NC3=O)CC2)C(=O)N2CCCCC2)c1. The fraction of sp³-hybridized carbons (Fsp3) is 0.467. The summed E-state index contributed by atoms with van der Waals surface area (Å²) in [6.07, 6.45) is 8.34. The predicted molar refractivity (Wildman–Crippen MR) is 153 cm³/mol. The van der Waals surface area contributed by atoms with Crippen molar-refractivity contribution < 1.29 is 14.4 Å². The maximum Gasteiger partial charge on any atom is 0.322 e. The van der Waals surface area contributed by atoms with E-state index in [4.69, 9.17) is 0 Å². The van der Waals surface area contributed by atoms with Crippen LogP contribution in [0.5, 0.6) is 0 Å². The van der Waals surface area contributed by atoms with Gasteiger partial charge in [-0.15, -0.1) is 0 Å². The molecule has 3 aliphatic rings. The number of hydrogen-bond acceptors (Lipinski definition) is 4. The van der Waals surface area contributed by atoms with E-state index in [0.29, 0.717) is 38.9 Å². The van der Waals surface area contributed by atoms with Crippen LogP contribution < -0.4 is 10.6 Å². The van der Waals surface area contributed by atoms with E-state index in [1.54, 1.807) is 17.3 Å². The van der Waals surface area contributed by atoms with Crippen LogP contribution in [0.3, 0.4) is 0 Å². The number of nitrogens with zero attached hydrogens (tertiary/aromatic N) is 4. The van der Waals surface area contributed by atoms with E-state index in [1.165, 1.54) is 0 Å². The molecule has 3 N–H and O–H groups in total. The monoisotopic (exact) mass is 545 g/mol. The van der Waals surface area contributed by atoms with Crippen LogP contribution >= 0.6 is 0 Å². The summed E-state index contributed by atoms with van der Waals surface area (Å²) in [7, 11) is 0. The number of piperidine rings is 2. The largest absolute Gasteiger partial charge is 0.341 e. The number of benzene rings is 1. The van der Waals surface area contributed by atoms with Crippen molar-refractivity contribution in [2.24, 2.45) is 0 Å². The van der Waals surface area contributed by atoms with E-state index in [-0.39, 0.29) is 24.0 Å². The first-order chi connectivity index (χ1) is 19.5. The number of amides is 5. The van der Waals surface area contributed by atoms with Gasteiger partial charge in [0.2, 0.25) is 5.91 Å². The van der Waals surface area contributed by atoms with E-state index in [0.717, 1.165) is 54.7 Å². The molecule has 0 spiro atoms. The van der Waals surface area contributed by atoms with E-state index in [1.807, 2.05) is 59.2 Å². The van der Waals surface area contributed by atoms with Crippen molar-refractivity contribution in [3.05, 3.63) is 71.5 Å². The van der Waals surface area contributed by atoms with Crippen molar-refractivity contribution in [2.45, 2.75) is 64.1 Å². The normalized spacial score (nSPS) is 18.3. The Balaban J connectivity index is 1.25. The van der Waals surface area contributed by atoms with Gasteiger partial charge in [0.1, 0.15) is 6.04 Å². The number of carbonyl (C=O) groups excluding carboxylic acids is 3. The van der Waals surface area contributed by atoms with E-state index in [9.17, 15) is 14.4 Å². The first kappa shape index (κ1) is 27.5. The van der Waals surface area contributed by atoms with Gasteiger partial charge in [-0.1, -0.05) is 30.3 Å². The zero-order chi connectivity index (χ0) is 27.9. The van der Waals surface area contributed by atoms with Crippen LogP contribution in [-0.2, 0) is 17.8 Å². The number of anilines is 1. The highest BCUT2D eigenvalue weighted by Gasteiger charge is 2.34. The van der Waals surface area contributed by atoms with Gasteiger partial charge in [-0.3, -0.25) is 9.89 Å². The minimum atomic E-state index is -0.665. The molecule has 0 bridgehead atoms. The molecule has 1 unspecified atom stereocenters. The molecule has 4 heterocycles. The van der Waals surface area contributed by atoms with E-state index >= 15 is 0 Å². The molecule has 1 aromatic carbocycles. The maximum atomic E-state index is 13.6. The summed E-state index contributed by atoms with van der Waals surface area (Å²) >= 11 is 0. The maximum absolute atomic E-state index is 13.6. The van der Waals surface area contributed by atoms with Crippen LogP contribution in [0.1, 0.15) is 48.8 Å². The quantitative estimate of drug-likeness (QED) is 0.527. The minimum absolute atomic E-state index is 0.0332. The van der Waals surface area contributed by atoms with Crippen molar-refractivity contribution in [3.63, 3.8) is 0 Å². The number of hydrogen-bond donors (Lipinski definition) is 3. The lowest BCUT2D eigenvalue weighted by molar-refractivity contribution is -0.134. The highest BCUT2D eigenvalue weighted by Crippen LogP contribution is 2.27. The molecular formula is C30H39N7O3. The second-order valence-electron chi connectivity index (χ2n) is 10.9. The fourth-order valence-corrected chi connectivity index (χ4v) is 5.81. The van der Waals surface area contributed by atoms with Gasteiger partial charge in [-0.25, -0.2) is 9.59 Å². The van der Waals surface area contributed by atoms with Crippen LogP contribution in [0.15, 0.2) is 54.9 Å². The van der Waals surface area contributed by atoms with E-state index < -0.39 is 6.04 Å². The number of urea groups is 2. The summed E-state index contributed by atoms with van der Waals surface area (Å²) in [6, 6.07) is 12.7. The second kappa shape index (κ2) is 12.8. The third kappa shape index (κ3) is 6.73. The molecule has 10 heteroatoms. The Labute approximate surface area is 235 Å². The topological polar surface area (TPSA) is 114 Å². The van der Waals surface area contributed by atoms with E-state index in [2.05, 4.69) is 20.8 Å². The summed E-state index contributed by atoms with van der Waals surface area (Å²) in [5.41, 5.74) is 3.88. The minimum Gasteiger partial charge on any atom is -0.341 e. The number of aryl methyl sites for hydroxylation is 1. The summed E-state index contributed by atoms with van der Waals surface area (Å²) in [6.45, 7) is 5.04. The molecule has 5 rings (SSSR count). The molecule has 1 atom stereocenters. The van der Waals surface area contributed by atoms with Crippen molar-refractivity contribution in [3.8, 4) is 0 Å². The average molecular weight is 546 g/mol. The Morgan fingerprint density at radius 3 is 2.60 bits per heavy atom. The lowest BCUT2D eigenvalue weighted by Crippen LogP contribution is -2.56. The molecular weight excluding hydrogens is 506 g/mol. The lowest BCUT2D eigenvalue weighted by Gasteiger charge is -2.41. The van der Waals surface area contributed by atoms with Crippen molar-refractivity contribution in [1.82, 2.24) is 30.2 Å².